The summed E-state index contributed by atoms with van der Waals surface area (Å²) in [6, 6.07) is 5.77. The zero-order chi connectivity index (χ0) is 14.3. The molecule has 4 nitrogen and oxygen atoms in total. The largest absolute Gasteiger partial charge is 0.466 e. The maximum atomic E-state index is 12.0. The molecule has 0 radical (unpaired) electrons. The number of benzene rings is 1. The first-order chi connectivity index (χ1) is 9.06. The number of carbonyl (C=O) groups is 2. The van der Waals surface area contributed by atoms with Crippen LogP contribution in [0.15, 0.2) is 18.2 Å². The predicted octanol–water partition coefficient (Wildman–Crippen LogP) is 2.38. The van der Waals surface area contributed by atoms with Crippen LogP contribution in [0.25, 0.3) is 0 Å². The van der Waals surface area contributed by atoms with Crippen LogP contribution >= 0.6 is 0 Å². The summed E-state index contributed by atoms with van der Waals surface area (Å²) < 4.78 is 4.82. The number of amides is 1. The highest BCUT2D eigenvalue weighted by molar-refractivity contribution is 5.97. The Bertz CT molecular complexity index is 434. The van der Waals surface area contributed by atoms with Gasteiger partial charge in [0, 0.05) is 18.5 Å². The van der Waals surface area contributed by atoms with Gasteiger partial charge in [-0.05, 0) is 38.3 Å². The second-order valence-electron chi connectivity index (χ2n) is 4.43. The van der Waals surface area contributed by atoms with Crippen LogP contribution in [0, 0.1) is 13.8 Å². The van der Waals surface area contributed by atoms with Gasteiger partial charge in [0.15, 0.2) is 0 Å². The van der Waals surface area contributed by atoms with E-state index in [1.807, 2.05) is 32.0 Å². The number of hydrogen-bond acceptors (Lipinski definition) is 3. The molecule has 0 aliphatic heterocycles. The molecule has 0 aliphatic rings. The minimum Gasteiger partial charge on any atom is -0.466 e. The summed E-state index contributed by atoms with van der Waals surface area (Å²) in [5.74, 6) is -0.303. The van der Waals surface area contributed by atoms with Crippen LogP contribution in [-0.4, -0.2) is 25.0 Å². The Morgan fingerprint density at radius 1 is 1.21 bits per heavy atom. The number of carbonyl (C=O) groups excluding carboxylic acids is 2. The molecule has 1 aromatic rings. The van der Waals surface area contributed by atoms with E-state index in [9.17, 15) is 9.59 Å². The molecule has 0 aromatic heterocycles. The fourth-order valence-corrected chi connectivity index (χ4v) is 1.93. The van der Waals surface area contributed by atoms with Crippen molar-refractivity contribution in [3.05, 3.63) is 34.9 Å². The molecule has 104 valence electrons. The van der Waals surface area contributed by atoms with Crippen LogP contribution in [0.4, 0.5) is 0 Å². The summed E-state index contributed by atoms with van der Waals surface area (Å²) in [7, 11) is 0. The molecule has 0 bridgehead atoms. The minimum atomic E-state index is -0.219. The van der Waals surface area contributed by atoms with E-state index in [4.69, 9.17) is 4.74 Å². The molecule has 1 amide bonds. The average molecular weight is 263 g/mol. The average Bonchev–Trinajstić information content (AvgIpc) is 2.35. The van der Waals surface area contributed by atoms with Crippen molar-refractivity contribution in [3.63, 3.8) is 0 Å². The molecule has 1 N–H and O–H groups in total. The van der Waals surface area contributed by atoms with Crippen LogP contribution in [0.5, 0.6) is 0 Å². The Kier molecular flexibility index (Phi) is 6.06. The molecule has 19 heavy (non-hydrogen) atoms. The summed E-state index contributed by atoms with van der Waals surface area (Å²) in [6.07, 6.45) is 0.927. The smallest absolute Gasteiger partial charge is 0.305 e. The minimum absolute atomic E-state index is 0.0838. The lowest BCUT2D eigenvalue weighted by molar-refractivity contribution is -0.143. The second-order valence-corrected chi connectivity index (χ2v) is 4.43. The van der Waals surface area contributed by atoms with Gasteiger partial charge in [0.2, 0.25) is 0 Å². The molecule has 0 spiro atoms. The molecule has 0 unspecified atom stereocenters. The highest BCUT2D eigenvalue weighted by Crippen LogP contribution is 2.12. The first kappa shape index (κ1) is 15.2. The summed E-state index contributed by atoms with van der Waals surface area (Å²) in [5.41, 5.74) is 2.64. The lowest BCUT2D eigenvalue weighted by Crippen LogP contribution is -2.26. The summed E-state index contributed by atoms with van der Waals surface area (Å²) in [5, 5.41) is 2.83. The Hall–Kier alpha value is -1.84. The zero-order valence-electron chi connectivity index (χ0n) is 11.8. The van der Waals surface area contributed by atoms with Gasteiger partial charge in [-0.2, -0.15) is 0 Å². The van der Waals surface area contributed by atoms with E-state index in [0.717, 1.165) is 16.7 Å². The summed E-state index contributed by atoms with van der Waals surface area (Å²) in [6.45, 7) is 6.49. The quantitative estimate of drug-likeness (QED) is 0.633. The predicted molar refractivity (Wildman–Crippen MR) is 74.1 cm³/mol. The lowest BCUT2D eigenvalue weighted by atomic mass is 10.0. The molecule has 1 rings (SSSR count). The molecule has 1 aromatic carbocycles. The summed E-state index contributed by atoms with van der Waals surface area (Å²) in [4.78, 5) is 23.2. The Morgan fingerprint density at radius 3 is 2.42 bits per heavy atom. The Morgan fingerprint density at radius 2 is 1.84 bits per heavy atom. The molecule has 0 atom stereocenters. The highest BCUT2D eigenvalue weighted by atomic mass is 16.5. The van der Waals surface area contributed by atoms with Gasteiger partial charge < -0.3 is 10.1 Å². The van der Waals surface area contributed by atoms with Crippen molar-refractivity contribution >= 4 is 11.9 Å². The van der Waals surface area contributed by atoms with Gasteiger partial charge in [-0.15, -0.1) is 0 Å². The second kappa shape index (κ2) is 7.56. The van der Waals surface area contributed by atoms with Crippen molar-refractivity contribution in [2.45, 2.75) is 33.6 Å². The maximum Gasteiger partial charge on any atom is 0.305 e. The first-order valence-corrected chi connectivity index (χ1v) is 6.56. The van der Waals surface area contributed by atoms with Gasteiger partial charge in [0.05, 0.1) is 6.61 Å². The standard InChI is InChI=1S/C15H21NO3/c1-4-19-13(17)9-6-10-16-15(18)14-11(2)7-5-8-12(14)3/h5,7-8H,4,6,9-10H2,1-3H3,(H,16,18). The molecular weight excluding hydrogens is 242 g/mol. The van der Waals surface area contributed by atoms with E-state index < -0.39 is 0 Å². The SMILES string of the molecule is CCOC(=O)CCCNC(=O)c1c(C)cccc1C. The van der Waals surface area contributed by atoms with Crippen LogP contribution in [-0.2, 0) is 9.53 Å². The molecule has 4 heteroatoms. The summed E-state index contributed by atoms with van der Waals surface area (Å²) >= 11 is 0. The number of aryl methyl sites for hydroxylation is 2. The van der Waals surface area contributed by atoms with E-state index in [1.165, 1.54) is 0 Å². The molecule has 0 saturated heterocycles. The monoisotopic (exact) mass is 263 g/mol. The van der Waals surface area contributed by atoms with Gasteiger partial charge in [0.25, 0.3) is 5.91 Å². The Balaban J connectivity index is 2.42. The molecular formula is C15H21NO3. The number of hydrogen-bond donors (Lipinski definition) is 1. The number of esters is 1. The van der Waals surface area contributed by atoms with E-state index in [0.29, 0.717) is 26.0 Å². The number of rotatable bonds is 6. The van der Waals surface area contributed by atoms with Crippen molar-refractivity contribution < 1.29 is 14.3 Å². The highest BCUT2D eigenvalue weighted by Gasteiger charge is 2.11. The van der Waals surface area contributed by atoms with Crippen molar-refractivity contribution in [2.24, 2.45) is 0 Å². The third-order valence-corrected chi connectivity index (χ3v) is 2.86. The van der Waals surface area contributed by atoms with Crippen molar-refractivity contribution in [2.75, 3.05) is 13.2 Å². The zero-order valence-corrected chi connectivity index (χ0v) is 11.8. The van der Waals surface area contributed by atoms with Gasteiger partial charge in [-0.3, -0.25) is 9.59 Å². The third-order valence-electron chi connectivity index (χ3n) is 2.86. The third kappa shape index (κ3) is 4.73. The van der Waals surface area contributed by atoms with Crippen molar-refractivity contribution in [3.8, 4) is 0 Å². The van der Waals surface area contributed by atoms with E-state index in [2.05, 4.69) is 5.32 Å². The van der Waals surface area contributed by atoms with E-state index in [-0.39, 0.29) is 11.9 Å². The maximum absolute atomic E-state index is 12.0. The fourth-order valence-electron chi connectivity index (χ4n) is 1.93. The fraction of sp³-hybridized carbons (Fsp3) is 0.467. The lowest BCUT2D eigenvalue weighted by Gasteiger charge is -2.10. The van der Waals surface area contributed by atoms with E-state index >= 15 is 0 Å². The molecule has 0 saturated carbocycles. The number of ether oxygens (including phenoxy) is 1. The number of nitrogens with one attached hydrogen (secondary N) is 1. The van der Waals surface area contributed by atoms with Gasteiger partial charge >= 0.3 is 5.97 Å². The van der Waals surface area contributed by atoms with Crippen LogP contribution < -0.4 is 5.32 Å². The Labute approximate surface area is 114 Å². The van der Waals surface area contributed by atoms with Crippen molar-refractivity contribution in [1.82, 2.24) is 5.32 Å². The van der Waals surface area contributed by atoms with Gasteiger partial charge in [-0.25, -0.2) is 0 Å². The van der Waals surface area contributed by atoms with Crippen LogP contribution in [0.2, 0.25) is 0 Å². The molecule has 0 fully saturated rings. The molecule has 0 aliphatic carbocycles. The van der Waals surface area contributed by atoms with Crippen molar-refractivity contribution in [1.29, 1.82) is 0 Å². The van der Waals surface area contributed by atoms with Gasteiger partial charge in [0.1, 0.15) is 0 Å². The topological polar surface area (TPSA) is 55.4 Å². The van der Waals surface area contributed by atoms with Gasteiger partial charge in [-0.1, -0.05) is 18.2 Å². The first-order valence-electron chi connectivity index (χ1n) is 6.56. The van der Waals surface area contributed by atoms with E-state index in [1.54, 1.807) is 6.92 Å². The molecule has 0 heterocycles. The van der Waals surface area contributed by atoms with Crippen LogP contribution in [0.1, 0.15) is 41.3 Å². The normalized spacial score (nSPS) is 10.1. The van der Waals surface area contributed by atoms with Crippen LogP contribution in [0.3, 0.4) is 0 Å².